The van der Waals surface area contributed by atoms with Crippen LogP contribution in [0.25, 0.3) is 17.0 Å². The Morgan fingerprint density at radius 3 is 2.91 bits per heavy atom. The molecular weight excluding hydrogens is 484 g/mol. The fourth-order valence-electron chi connectivity index (χ4n) is 3.29. The maximum atomic E-state index is 13.4. The number of aliphatic hydroxyl groups excluding tert-OH is 1. The number of rotatable bonds is 10. The van der Waals surface area contributed by atoms with Crippen LogP contribution in [0, 0.1) is 6.92 Å². The van der Waals surface area contributed by atoms with Crippen molar-refractivity contribution in [1.29, 1.82) is 0 Å². The molecule has 184 valence electrons. The summed E-state index contributed by atoms with van der Waals surface area (Å²) in [6.07, 6.45) is 2.45. The van der Waals surface area contributed by atoms with Crippen molar-refractivity contribution >= 4 is 28.8 Å². The van der Waals surface area contributed by atoms with Gasteiger partial charge in [0.2, 0.25) is 11.7 Å². The molecule has 2 N–H and O–H groups in total. The third-order valence-electron chi connectivity index (χ3n) is 5.18. The van der Waals surface area contributed by atoms with E-state index in [1.807, 2.05) is 6.92 Å². The van der Waals surface area contributed by atoms with E-state index in [9.17, 15) is 13.6 Å². The van der Waals surface area contributed by atoms with Crippen LogP contribution in [0.2, 0.25) is 0 Å². The normalized spacial score (nSPS) is 11.7. The molecule has 0 spiro atoms. The van der Waals surface area contributed by atoms with Gasteiger partial charge in [-0.05, 0) is 30.7 Å². The first kappa shape index (κ1) is 24.6. The van der Waals surface area contributed by atoms with E-state index in [1.54, 1.807) is 40.9 Å². The number of hydrogen-bond donors (Lipinski definition) is 2. The molecular formula is C23H22ClF2N5O4. The number of pyridine rings is 1. The van der Waals surface area contributed by atoms with Crippen LogP contribution in [0.15, 0.2) is 47.2 Å². The topological polar surface area (TPSA) is 115 Å². The van der Waals surface area contributed by atoms with E-state index < -0.39 is 24.1 Å². The maximum absolute atomic E-state index is 13.4. The van der Waals surface area contributed by atoms with Gasteiger partial charge in [-0.25, -0.2) is 13.8 Å². The van der Waals surface area contributed by atoms with Crippen molar-refractivity contribution in [2.24, 2.45) is 0 Å². The van der Waals surface area contributed by atoms with Gasteiger partial charge in [-0.1, -0.05) is 17.3 Å². The number of aliphatic hydroxyl groups is 1. The summed E-state index contributed by atoms with van der Waals surface area (Å²) in [6, 6.07) is 8.59. The number of benzene rings is 1. The minimum Gasteiger partial charge on any atom is -0.490 e. The smallest absolute Gasteiger partial charge is 0.274 e. The highest BCUT2D eigenvalue weighted by Crippen LogP contribution is 2.26. The zero-order valence-corrected chi connectivity index (χ0v) is 19.4. The van der Waals surface area contributed by atoms with Crippen LogP contribution >= 0.6 is 11.6 Å². The summed E-state index contributed by atoms with van der Waals surface area (Å²) < 4.78 is 38.9. The average molecular weight is 506 g/mol. The van der Waals surface area contributed by atoms with E-state index in [0.29, 0.717) is 22.6 Å². The van der Waals surface area contributed by atoms with Crippen LogP contribution in [0.3, 0.4) is 0 Å². The van der Waals surface area contributed by atoms with E-state index >= 15 is 0 Å². The molecule has 0 saturated heterocycles. The molecule has 0 unspecified atom stereocenters. The minimum absolute atomic E-state index is 0.0703. The summed E-state index contributed by atoms with van der Waals surface area (Å²) in [7, 11) is 0. The number of aryl methyl sites for hydroxylation is 2. The fraction of sp³-hybridized carbons (Fsp3) is 0.304. The zero-order chi connectivity index (χ0) is 25.0. The number of carbonyl (C=O) groups excluding carboxylic acids is 1. The number of nitrogens with zero attached hydrogens (tertiary/aromatic N) is 4. The molecule has 1 aromatic carbocycles. The van der Waals surface area contributed by atoms with Gasteiger partial charge in [0.25, 0.3) is 11.8 Å². The summed E-state index contributed by atoms with van der Waals surface area (Å²) in [5.74, 6) is -3.44. The monoisotopic (exact) mass is 505 g/mol. The molecule has 35 heavy (non-hydrogen) atoms. The second kappa shape index (κ2) is 10.4. The van der Waals surface area contributed by atoms with E-state index in [4.69, 9.17) is 26.0 Å². The van der Waals surface area contributed by atoms with E-state index in [-0.39, 0.29) is 37.0 Å². The molecule has 1 amide bonds. The largest absolute Gasteiger partial charge is 0.490 e. The molecule has 4 rings (SSSR count). The molecule has 0 saturated carbocycles. The number of hydrogen-bond acceptors (Lipinski definition) is 7. The zero-order valence-electron chi connectivity index (χ0n) is 18.7. The lowest BCUT2D eigenvalue weighted by Gasteiger charge is -2.10. The van der Waals surface area contributed by atoms with Gasteiger partial charge in [-0.15, -0.1) is 11.6 Å². The first-order chi connectivity index (χ1) is 16.8. The highest BCUT2D eigenvalue weighted by molar-refractivity contribution is 6.18. The molecule has 0 aliphatic heterocycles. The first-order valence-corrected chi connectivity index (χ1v) is 11.2. The number of anilines is 1. The molecule has 0 bridgehead atoms. The quantitative estimate of drug-likeness (QED) is 0.311. The second-order valence-electron chi connectivity index (χ2n) is 7.79. The Kier molecular flexibility index (Phi) is 7.27. The van der Waals surface area contributed by atoms with Gasteiger partial charge < -0.3 is 19.7 Å². The Bertz CT molecular complexity index is 1340. The van der Waals surface area contributed by atoms with Crippen molar-refractivity contribution in [2.45, 2.75) is 25.7 Å². The van der Waals surface area contributed by atoms with Crippen LogP contribution in [0.5, 0.6) is 5.75 Å². The average Bonchev–Trinajstić information content (AvgIpc) is 3.50. The molecule has 0 atom stereocenters. The number of fused-ring (bicyclic) bond motifs is 1. The molecule has 0 aliphatic rings. The predicted octanol–water partition coefficient (Wildman–Crippen LogP) is 4.12. The van der Waals surface area contributed by atoms with Crippen molar-refractivity contribution in [1.82, 2.24) is 19.5 Å². The Balaban J connectivity index is 1.52. The lowest BCUT2D eigenvalue weighted by Crippen LogP contribution is -2.18. The van der Waals surface area contributed by atoms with Gasteiger partial charge in [0.1, 0.15) is 23.7 Å². The van der Waals surface area contributed by atoms with Gasteiger partial charge in [-0.2, -0.15) is 4.98 Å². The highest BCUT2D eigenvalue weighted by Gasteiger charge is 2.28. The minimum atomic E-state index is -3.01. The van der Waals surface area contributed by atoms with Crippen LogP contribution in [0.4, 0.5) is 14.5 Å². The van der Waals surface area contributed by atoms with Crippen LogP contribution in [-0.4, -0.2) is 55.6 Å². The lowest BCUT2D eigenvalue weighted by atomic mass is 10.1. The Morgan fingerprint density at radius 1 is 1.31 bits per heavy atom. The standard InChI is InChI=1S/C23H22ClF2N5O4/c1-14-2-3-15(21-29-20(35-30-21)6-7-23(25,26)13-24)10-17(14)28-22(33)18-11-27-19-5-4-16(12-31(18)19)34-9-8-32/h2-5,10-12,32H,6-9,13H2,1H3,(H,28,33). The van der Waals surface area contributed by atoms with Crippen LogP contribution in [0.1, 0.15) is 28.4 Å². The van der Waals surface area contributed by atoms with Gasteiger partial charge in [0.15, 0.2) is 0 Å². The summed E-state index contributed by atoms with van der Waals surface area (Å²) >= 11 is 5.26. The molecule has 3 heterocycles. The lowest BCUT2D eigenvalue weighted by molar-refractivity contribution is 0.0152. The summed E-state index contributed by atoms with van der Waals surface area (Å²) in [5.41, 5.74) is 2.67. The van der Waals surface area contributed by atoms with Gasteiger partial charge in [0.05, 0.1) is 24.9 Å². The summed E-state index contributed by atoms with van der Waals surface area (Å²) in [6.45, 7) is 1.82. The highest BCUT2D eigenvalue weighted by atomic mass is 35.5. The van der Waals surface area contributed by atoms with Crippen molar-refractivity contribution in [3.05, 3.63) is 59.9 Å². The Hall–Kier alpha value is -3.57. The molecule has 12 heteroatoms. The number of carbonyl (C=O) groups is 1. The van der Waals surface area contributed by atoms with Crippen molar-refractivity contribution in [3.63, 3.8) is 0 Å². The summed E-state index contributed by atoms with van der Waals surface area (Å²) in [5, 5.41) is 15.7. The van der Waals surface area contributed by atoms with Gasteiger partial charge in [0, 0.05) is 24.1 Å². The van der Waals surface area contributed by atoms with E-state index in [1.165, 1.54) is 6.20 Å². The molecule has 0 fully saturated rings. The predicted molar refractivity (Wildman–Crippen MR) is 124 cm³/mol. The SMILES string of the molecule is Cc1ccc(-c2noc(CCC(F)(F)CCl)n2)cc1NC(=O)c1cnc2ccc(OCCO)cn12. The van der Waals surface area contributed by atoms with E-state index in [0.717, 1.165) is 5.56 Å². The van der Waals surface area contributed by atoms with Gasteiger partial charge >= 0.3 is 0 Å². The third-order valence-corrected chi connectivity index (χ3v) is 5.57. The van der Waals surface area contributed by atoms with E-state index in [2.05, 4.69) is 20.4 Å². The fourth-order valence-corrected chi connectivity index (χ4v) is 3.42. The first-order valence-electron chi connectivity index (χ1n) is 10.7. The number of halogens is 3. The molecule has 0 radical (unpaired) electrons. The maximum Gasteiger partial charge on any atom is 0.274 e. The Labute approximate surface area is 203 Å². The van der Waals surface area contributed by atoms with Crippen molar-refractivity contribution in [3.8, 4) is 17.1 Å². The van der Waals surface area contributed by atoms with Gasteiger partial charge in [-0.3, -0.25) is 9.20 Å². The molecule has 9 nitrogen and oxygen atoms in total. The van der Waals surface area contributed by atoms with Crippen LogP contribution in [-0.2, 0) is 6.42 Å². The Morgan fingerprint density at radius 2 is 2.14 bits per heavy atom. The number of ether oxygens (including phenoxy) is 1. The number of imidazole rings is 1. The van der Waals surface area contributed by atoms with Crippen LogP contribution < -0.4 is 10.1 Å². The molecule has 3 aromatic heterocycles. The number of aromatic nitrogens is 4. The molecule has 4 aromatic rings. The van der Waals surface area contributed by atoms with Crippen molar-refractivity contribution < 1.29 is 27.9 Å². The molecule has 0 aliphatic carbocycles. The van der Waals surface area contributed by atoms with Crippen molar-refractivity contribution in [2.75, 3.05) is 24.4 Å². The third kappa shape index (κ3) is 5.75. The number of nitrogens with one attached hydrogen (secondary N) is 1. The summed E-state index contributed by atoms with van der Waals surface area (Å²) in [4.78, 5) is 21.5. The second-order valence-corrected chi connectivity index (χ2v) is 8.06. The number of alkyl halides is 3. The number of amides is 1.